The van der Waals surface area contributed by atoms with Gasteiger partial charge in [0.25, 0.3) is 0 Å². The van der Waals surface area contributed by atoms with Crippen molar-refractivity contribution >= 4 is 11.4 Å². The molecule has 1 atom stereocenters. The van der Waals surface area contributed by atoms with Gasteiger partial charge in [0.05, 0.1) is 5.70 Å². The van der Waals surface area contributed by atoms with Crippen LogP contribution in [0.2, 0.25) is 0 Å². The van der Waals surface area contributed by atoms with Crippen molar-refractivity contribution in [1.82, 2.24) is 0 Å². The van der Waals surface area contributed by atoms with Crippen LogP contribution in [0.15, 0.2) is 132 Å². The number of rotatable bonds is 7. The van der Waals surface area contributed by atoms with Crippen LogP contribution in [0.5, 0.6) is 0 Å². The lowest BCUT2D eigenvalue weighted by molar-refractivity contribution is 0.966. The third kappa shape index (κ3) is 6.26. The van der Waals surface area contributed by atoms with Crippen LogP contribution in [-0.2, 0) is 0 Å². The van der Waals surface area contributed by atoms with E-state index in [1.165, 1.54) is 44.5 Å². The van der Waals surface area contributed by atoms with Gasteiger partial charge in [-0.25, -0.2) is 0 Å². The molecule has 0 aliphatic heterocycles. The van der Waals surface area contributed by atoms with E-state index in [1.807, 2.05) is 0 Å². The molecule has 0 radical (unpaired) electrons. The first kappa shape index (κ1) is 26.4. The van der Waals surface area contributed by atoms with Gasteiger partial charge in [-0.2, -0.15) is 0 Å². The Morgan fingerprint density at radius 3 is 2.26 bits per heavy atom. The molecule has 0 fully saturated rings. The molecular formula is C38H37N. The van der Waals surface area contributed by atoms with E-state index in [0.717, 1.165) is 29.8 Å². The van der Waals surface area contributed by atoms with Gasteiger partial charge in [-0.3, -0.25) is 4.99 Å². The minimum Gasteiger partial charge on any atom is -0.253 e. The van der Waals surface area contributed by atoms with Crippen LogP contribution in [0, 0.1) is 13.8 Å². The molecule has 1 heteroatoms. The van der Waals surface area contributed by atoms with Crippen LogP contribution in [0.3, 0.4) is 0 Å². The number of benzene rings is 4. The number of hydrogen-bond acceptors (Lipinski definition) is 1. The van der Waals surface area contributed by atoms with Crippen molar-refractivity contribution in [1.29, 1.82) is 0 Å². The van der Waals surface area contributed by atoms with Gasteiger partial charge >= 0.3 is 0 Å². The van der Waals surface area contributed by atoms with E-state index in [9.17, 15) is 0 Å². The van der Waals surface area contributed by atoms with E-state index in [-0.39, 0.29) is 5.92 Å². The first-order valence-electron chi connectivity index (χ1n) is 13.9. The van der Waals surface area contributed by atoms with Crippen LogP contribution >= 0.6 is 0 Å². The average molecular weight is 508 g/mol. The van der Waals surface area contributed by atoms with Crippen molar-refractivity contribution in [3.05, 3.63) is 149 Å². The maximum absolute atomic E-state index is 5.23. The number of aliphatic imine (C=N–C) groups is 1. The molecular weight excluding hydrogens is 470 g/mol. The predicted octanol–water partition coefficient (Wildman–Crippen LogP) is 10.5. The highest BCUT2D eigenvalue weighted by Gasteiger charge is 2.12. The van der Waals surface area contributed by atoms with Gasteiger partial charge in [0.1, 0.15) is 0 Å². The van der Waals surface area contributed by atoms with E-state index >= 15 is 0 Å². The molecule has 4 aromatic rings. The van der Waals surface area contributed by atoms with E-state index in [4.69, 9.17) is 4.99 Å². The molecule has 39 heavy (non-hydrogen) atoms. The highest BCUT2D eigenvalue weighted by Crippen LogP contribution is 2.33. The second-order valence-corrected chi connectivity index (χ2v) is 10.5. The molecule has 1 nitrogen and oxygen atoms in total. The average Bonchev–Trinajstić information content (AvgIpc) is 2.98. The molecule has 1 unspecified atom stereocenters. The smallest absolute Gasteiger partial charge is 0.0671 e. The molecule has 1 aliphatic rings. The van der Waals surface area contributed by atoms with E-state index < -0.39 is 0 Å². The van der Waals surface area contributed by atoms with Gasteiger partial charge in [-0.15, -0.1) is 0 Å². The zero-order valence-corrected chi connectivity index (χ0v) is 23.5. The summed E-state index contributed by atoms with van der Waals surface area (Å²) in [6.45, 7) is 8.78. The largest absolute Gasteiger partial charge is 0.253 e. The van der Waals surface area contributed by atoms with Crippen molar-refractivity contribution in [3.8, 4) is 22.3 Å². The Kier molecular flexibility index (Phi) is 8.18. The molecule has 0 saturated heterocycles. The van der Waals surface area contributed by atoms with Crippen LogP contribution in [0.25, 0.3) is 28.0 Å². The van der Waals surface area contributed by atoms with Crippen molar-refractivity contribution in [2.75, 3.05) is 0 Å². The maximum Gasteiger partial charge on any atom is 0.0671 e. The van der Waals surface area contributed by atoms with Crippen LogP contribution in [-0.4, -0.2) is 5.71 Å². The zero-order chi connectivity index (χ0) is 27.2. The summed E-state index contributed by atoms with van der Waals surface area (Å²) in [6, 6.07) is 34.9. The Hall–Kier alpha value is -4.23. The summed E-state index contributed by atoms with van der Waals surface area (Å²) in [5, 5.41) is 0. The van der Waals surface area contributed by atoms with E-state index in [2.05, 4.69) is 149 Å². The lowest BCUT2D eigenvalue weighted by atomic mass is 9.92. The summed E-state index contributed by atoms with van der Waals surface area (Å²) >= 11 is 0. The van der Waals surface area contributed by atoms with Gasteiger partial charge < -0.3 is 0 Å². The molecule has 0 spiro atoms. The summed E-state index contributed by atoms with van der Waals surface area (Å²) in [5.41, 5.74) is 13.5. The Balaban J connectivity index is 1.54. The predicted molar refractivity (Wildman–Crippen MR) is 169 cm³/mol. The monoisotopic (exact) mass is 507 g/mol. The first-order valence-corrected chi connectivity index (χ1v) is 13.9. The van der Waals surface area contributed by atoms with Crippen molar-refractivity contribution in [2.24, 2.45) is 4.99 Å². The minimum atomic E-state index is 0.247. The third-order valence-corrected chi connectivity index (χ3v) is 7.65. The fourth-order valence-electron chi connectivity index (χ4n) is 5.32. The van der Waals surface area contributed by atoms with Crippen molar-refractivity contribution in [2.45, 2.75) is 46.5 Å². The van der Waals surface area contributed by atoms with Crippen molar-refractivity contribution < 1.29 is 0 Å². The highest BCUT2D eigenvalue weighted by atomic mass is 14.8. The topological polar surface area (TPSA) is 12.4 Å². The molecule has 0 amide bonds. The summed E-state index contributed by atoms with van der Waals surface area (Å²) in [6.07, 6.45) is 11.0. The van der Waals surface area contributed by atoms with Gasteiger partial charge in [-0.1, -0.05) is 122 Å². The molecule has 0 N–H and O–H groups in total. The first-order chi connectivity index (χ1) is 19.0. The summed E-state index contributed by atoms with van der Waals surface area (Å²) in [4.78, 5) is 5.23. The summed E-state index contributed by atoms with van der Waals surface area (Å²) < 4.78 is 0. The fourth-order valence-corrected chi connectivity index (χ4v) is 5.32. The van der Waals surface area contributed by atoms with Crippen LogP contribution < -0.4 is 0 Å². The second-order valence-electron chi connectivity index (χ2n) is 10.5. The van der Waals surface area contributed by atoms with Crippen molar-refractivity contribution in [3.63, 3.8) is 0 Å². The minimum absolute atomic E-state index is 0.247. The van der Waals surface area contributed by atoms with Gasteiger partial charge in [-0.05, 0) is 84.2 Å². The Morgan fingerprint density at radius 1 is 0.769 bits per heavy atom. The Bertz CT molecular complexity index is 1580. The SMILES string of the molecule is CC(=N/C(=C\C(C)c1ccccc1)c1cccc(-c2ccc(-c3ccccc3C)c(C)c2)c1)C1=CC=CCC1. The van der Waals surface area contributed by atoms with Gasteiger partial charge in [0.2, 0.25) is 0 Å². The van der Waals surface area contributed by atoms with Crippen LogP contribution in [0.1, 0.15) is 54.9 Å². The Labute approximate surface area is 234 Å². The molecule has 194 valence electrons. The lowest BCUT2D eigenvalue weighted by Gasteiger charge is -2.15. The number of aryl methyl sites for hydroxylation is 2. The normalized spacial score (nSPS) is 14.7. The molecule has 1 aliphatic carbocycles. The molecule has 5 rings (SSSR count). The quantitative estimate of drug-likeness (QED) is 0.221. The highest BCUT2D eigenvalue weighted by molar-refractivity contribution is 6.01. The van der Waals surface area contributed by atoms with Gasteiger partial charge in [0.15, 0.2) is 0 Å². The zero-order valence-electron chi connectivity index (χ0n) is 23.5. The fraction of sp³-hybridized carbons (Fsp3) is 0.184. The number of hydrogen-bond donors (Lipinski definition) is 0. The Morgan fingerprint density at radius 2 is 1.51 bits per heavy atom. The van der Waals surface area contributed by atoms with Crippen LogP contribution in [0.4, 0.5) is 0 Å². The van der Waals surface area contributed by atoms with Gasteiger partial charge in [0, 0.05) is 17.2 Å². The second kappa shape index (κ2) is 12.1. The molecule has 0 saturated carbocycles. The lowest BCUT2D eigenvalue weighted by Crippen LogP contribution is -2.01. The number of allylic oxidation sites excluding steroid dienone is 5. The maximum atomic E-state index is 5.23. The van der Waals surface area contributed by atoms with E-state index in [0.29, 0.717) is 0 Å². The molecule has 0 bridgehead atoms. The molecule has 0 aromatic heterocycles. The molecule has 4 aromatic carbocycles. The third-order valence-electron chi connectivity index (χ3n) is 7.65. The standard InChI is InChI=1S/C38H37N/c1-27-14-11-12-21-36(27)37-23-22-34(24-29(37)3)33-19-13-20-35(26-33)38(25-28(2)31-15-7-5-8-16-31)39-30(4)32-17-9-6-10-18-32/h5-9,11-17,19-26,28H,10,18H2,1-4H3/b38-25-,39-30?. The summed E-state index contributed by atoms with van der Waals surface area (Å²) in [5.74, 6) is 0.247. The summed E-state index contributed by atoms with van der Waals surface area (Å²) in [7, 11) is 0. The molecule has 0 heterocycles. The van der Waals surface area contributed by atoms with E-state index in [1.54, 1.807) is 0 Å². The number of nitrogens with zero attached hydrogens (tertiary/aromatic N) is 1.